The standard InChI is InChI=1S/C22H17NO4S/c1-14-11-12-18-15(13-14)21-22(27-18)23(16-7-3-5-9-19(16)26-2)17-8-4-6-10-20(17)28(21,24)25/h3-13H,1-2H3. The number of sulfone groups is 1. The van der Waals surface area contributed by atoms with Crippen molar-refractivity contribution >= 4 is 38.1 Å². The smallest absolute Gasteiger partial charge is 0.225 e. The summed E-state index contributed by atoms with van der Waals surface area (Å²) in [6.07, 6.45) is 0. The summed E-state index contributed by atoms with van der Waals surface area (Å²) in [5.41, 5.74) is 2.75. The van der Waals surface area contributed by atoms with Crippen LogP contribution in [0.15, 0.2) is 80.9 Å². The Morgan fingerprint density at radius 3 is 2.43 bits per heavy atom. The third-order valence-electron chi connectivity index (χ3n) is 4.97. The number of furan rings is 1. The van der Waals surface area contributed by atoms with E-state index in [1.165, 1.54) is 0 Å². The van der Waals surface area contributed by atoms with Crippen LogP contribution in [-0.4, -0.2) is 15.5 Å². The Bertz CT molecular complexity index is 1340. The second-order valence-corrected chi connectivity index (χ2v) is 8.57. The first kappa shape index (κ1) is 16.9. The highest BCUT2D eigenvalue weighted by Crippen LogP contribution is 2.53. The minimum atomic E-state index is -3.74. The largest absolute Gasteiger partial charge is 0.495 e. The maximum Gasteiger partial charge on any atom is 0.225 e. The fourth-order valence-corrected chi connectivity index (χ4v) is 5.45. The van der Waals surface area contributed by atoms with Crippen LogP contribution in [0, 0.1) is 6.92 Å². The molecule has 0 saturated carbocycles. The van der Waals surface area contributed by atoms with E-state index >= 15 is 0 Å². The molecular formula is C22H17NO4S. The molecule has 0 amide bonds. The monoisotopic (exact) mass is 391 g/mol. The number of nitrogens with zero attached hydrogens (tertiary/aromatic N) is 1. The van der Waals surface area contributed by atoms with Crippen LogP contribution in [0.25, 0.3) is 11.0 Å². The molecule has 0 unspecified atom stereocenters. The van der Waals surface area contributed by atoms with Gasteiger partial charge in [0.2, 0.25) is 15.7 Å². The van der Waals surface area contributed by atoms with Crippen molar-refractivity contribution < 1.29 is 17.6 Å². The maximum atomic E-state index is 13.5. The molecule has 1 aliphatic heterocycles. The second-order valence-electron chi connectivity index (χ2n) is 6.71. The van der Waals surface area contributed by atoms with Gasteiger partial charge in [-0.1, -0.05) is 35.9 Å². The molecule has 3 aromatic carbocycles. The summed E-state index contributed by atoms with van der Waals surface area (Å²) >= 11 is 0. The van der Waals surface area contributed by atoms with Crippen molar-refractivity contribution in [1.29, 1.82) is 0 Å². The fraction of sp³-hybridized carbons (Fsp3) is 0.0909. The molecule has 5 nitrogen and oxygen atoms in total. The van der Waals surface area contributed by atoms with Gasteiger partial charge in [-0.15, -0.1) is 0 Å². The van der Waals surface area contributed by atoms with Crippen molar-refractivity contribution in [2.45, 2.75) is 16.7 Å². The van der Waals surface area contributed by atoms with Gasteiger partial charge in [-0.3, -0.25) is 4.90 Å². The zero-order chi connectivity index (χ0) is 19.5. The number of para-hydroxylation sites is 3. The summed E-state index contributed by atoms with van der Waals surface area (Å²) in [6.45, 7) is 1.93. The topological polar surface area (TPSA) is 59.8 Å². The Morgan fingerprint density at radius 2 is 1.64 bits per heavy atom. The zero-order valence-electron chi connectivity index (χ0n) is 15.3. The first-order chi connectivity index (χ1) is 13.5. The van der Waals surface area contributed by atoms with E-state index in [-0.39, 0.29) is 15.7 Å². The molecule has 1 aromatic heterocycles. The van der Waals surface area contributed by atoms with E-state index in [1.54, 1.807) is 25.3 Å². The van der Waals surface area contributed by atoms with E-state index in [0.29, 0.717) is 28.1 Å². The number of anilines is 3. The summed E-state index contributed by atoms with van der Waals surface area (Å²) in [5, 5.41) is 0.587. The van der Waals surface area contributed by atoms with Gasteiger partial charge in [0.05, 0.1) is 23.4 Å². The van der Waals surface area contributed by atoms with E-state index in [1.807, 2.05) is 60.4 Å². The van der Waals surface area contributed by atoms with Crippen LogP contribution in [0.2, 0.25) is 0 Å². The number of fused-ring (bicyclic) bond motifs is 4. The van der Waals surface area contributed by atoms with Gasteiger partial charge in [-0.05, 0) is 43.3 Å². The average molecular weight is 391 g/mol. The Morgan fingerprint density at radius 1 is 0.929 bits per heavy atom. The summed E-state index contributed by atoms with van der Waals surface area (Å²) in [6, 6.07) is 20.0. The third kappa shape index (κ3) is 2.21. The van der Waals surface area contributed by atoms with Crippen molar-refractivity contribution in [2.24, 2.45) is 0 Å². The number of ether oxygens (including phenoxy) is 1. The van der Waals surface area contributed by atoms with Crippen molar-refractivity contribution in [1.82, 2.24) is 0 Å². The van der Waals surface area contributed by atoms with Gasteiger partial charge in [0.25, 0.3) is 0 Å². The minimum Gasteiger partial charge on any atom is -0.495 e. The number of hydrogen-bond acceptors (Lipinski definition) is 5. The lowest BCUT2D eigenvalue weighted by molar-refractivity contribution is 0.415. The predicted molar refractivity (Wildman–Crippen MR) is 108 cm³/mol. The van der Waals surface area contributed by atoms with Crippen LogP contribution in [0.3, 0.4) is 0 Å². The Labute approximate surface area is 162 Å². The zero-order valence-corrected chi connectivity index (χ0v) is 16.2. The SMILES string of the molecule is COc1ccccc1N1c2ccccc2S(=O)(=O)c2c1oc1ccc(C)cc21. The summed E-state index contributed by atoms with van der Waals surface area (Å²) in [5.74, 6) is 0.906. The van der Waals surface area contributed by atoms with Crippen LogP contribution in [0.1, 0.15) is 5.56 Å². The second kappa shape index (κ2) is 5.87. The highest BCUT2D eigenvalue weighted by molar-refractivity contribution is 7.92. The van der Waals surface area contributed by atoms with Crippen LogP contribution >= 0.6 is 0 Å². The first-order valence-corrected chi connectivity index (χ1v) is 10.3. The third-order valence-corrected chi connectivity index (χ3v) is 6.83. The van der Waals surface area contributed by atoms with E-state index in [0.717, 1.165) is 5.56 Å². The van der Waals surface area contributed by atoms with Crippen LogP contribution < -0.4 is 9.64 Å². The molecule has 0 aliphatic carbocycles. The maximum absolute atomic E-state index is 13.5. The number of methoxy groups -OCH3 is 1. The van der Waals surface area contributed by atoms with Gasteiger partial charge in [0.1, 0.15) is 16.2 Å². The molecule has 4 aromatic rings. The molecule has 0 bridgehead atoms. The fourth-order valence-electron chi connectivity index (χ4n) is 3.73. The average Bonchev–Trinajstić information content (AvgIpc) is 3.08. The van der Waals surface area contributed by atoms with Gasteiger partial charge in [-0.25, -0.2) is 8.42 Å². The molecule has 0 radical (unpaired) electrons. The van der Waals surface area contributed by atoms with Crippen molar-refractivity contribution in [2.75, 3.05) is 12.0 Å². The number of hydrogen-bond donors (Lipinski definition) is 0. The van der Waals surface area contributed by atoms with E-state index in [4.69, 9.17) is 9.15 Å². The Balaban J connectivity index is 1.94. The normalized spacial score (nSPS) is 14.6. The van der Waals surface area contributed by atoms with Gasteiger partial charge in [0.15, 0.2) is 0 Å². The molecule has 6 heteroatoms. The van der Waals surface area contributed by atoms with E-state index in [2.05, 4.69) is 0 Å². The molecule has 0 saturated heterocycles. The molecule has 0 N–H and O–H groups in total. The van der Waals surface area contributed by atoms with Crippen LogP contribution in [-0.2, 0) is 9.84 Å². The molecule has 28 heavy (non-hydrogen) atoms. The highest BCUT2D eigenvalue weighted by Gasteiger charge is 2.40. The van der Waals surface area contributed by atoms with Crippen LogP contribution in [0.4, 0.5) is 17.3 Å². The van der Waals surface area contributed by atoms with Gasteiger partial charge >= 0.3 is 0 Å². The highest BCUT2D eigenvalue weighted by atomic mass is 32.2. The van der Waals surface area contributed by atoms with E-state index in [9.17, 15) is 8.42 Å². The summed E-state index contributed by atoms with van der Waals surface area (Å²) < 4.78 is 38.6. The lowest BCUT2D eigenvalue weighted by Gasteiger charge is -2.30. The minimum absolute atomic E-state index is 0.191. The Kier molecular flexibility index (Phi) is 3.54. The quantitative estimate of drug-likeness (QED) is 0.405. The van der Waals surface area contributed by atoms with Gasteiger partial charge < -0.3 is 9.15 Å². The number of benzene rings is 3. The van der Waals surface area contributed by atoms with Gasteiger partial charge in [-0.2, -0.15) is 0 Å². The summed E-state index contributed by atoms with van der Waals surface area (Å²) in [7, 11) is -2.15. The number of aryl methyl sites for hydroxylation is 1. The molecule has 0 fully saturated rings. The van der Waals surface area contributed by atoms with Gasteiger partial charge in [0, 0.05) is 5.39 Å². The molecule has 2 heterocycles. The van der Waals surface area contributed by atoms with Crippen molar-refractivity contribution in [3.05, 3.63) is 72.3 Å². The summed E-state index contributed by atoms with van der Waals surface area (Å²) in [4.78, 5) is 2.26. The van der Waals surface area contributed by atoms with Crippen molar-refractivity contribution in [3.63, 3.8) is 0 Å². The Hall–Kier alpha value is -3.25. The molecule has 0 atom stereocenters. The lowest BCUT2D eigenvalue weighted by atomic mass is 10.2. The van der Waals surface area contributed by atoms with Crippen molar-refractivity contribution in [3.8, 4) is 5.75 Å². The van der Waals surface area contributed by atoms with E-state index < -0.39 is 9.84 Å². The number of rotatable bonds is 2. The molecular weight excluding hydrogens is 374 g/mol. The molecule has 5 rings (SSSR count). The molecule has 140 valence electrons. The first-order valence-electron chi connectivity index (χ1n) is 8.83. The molecule has 0 spiro atoms. The lowest BCUT2D eigenvalue weighted by Crippen LogP contribution is -2.21. The van der Waals surface area contributed by atoms with Crippen LogP contribution in [0.5, 0.6) is 5.75 Å². The molecule has 1 aliphatic rings. The predicted octanol–water partition coefficient (Wildman–Crippen LogP) is 5.37.